The van der Waals surface area contributed by atoms with E-state index in [-0.39, 0.29) is 11.6 Å². The normalized spacial score (nSPS) is 10.7. The molecule has 0 aliphatic heterocycles. The minimum atomic E-state index is -0.315. The highest BCUT2D eigenvalue weighted by Gasteiger charge is 2.18. The summed E-state index contributed by atoms with van der Waals surface area (Å²) in [6.45, 7) is 3.73. The van der Waals surface area contributed by atoms with E-state index in [9.17, 15) is 4.79 Å². The molecule has 0 saturated carbocycles. The molecular weight excluding hydrogens is 356 g/mol. The predicted octanol–water partition coefficient (Wildman–Crippen LogP) is 4.51. The number of anilines is 1. The summed E-state index contributed by atoms with van der Waals surface area (Å²) in [5.74, 6) is -0.315. The van der Waals surface area contributed by atoms with Crippen LogP contribution in [-0.2, 0) is 0 Å². The average Bonchev–Trinajstić information content (AvgIpc) is 3.00. The smallest absolute Gasteiger partial charge is 0.278 e. The van der Waals surface area contributed by atoms with Crippen LogP contribution in [0.15, 0.2) is 47.4 Å². The number of carbonyl (C=O) groups is 1. The van der Waals surface area contributed by atoms with Crippen LogP contribution in [0.1, 0.15) is 21.7 Å². The zero-order chi connectivity index (χ0) is 18.0. The molecule has 5 nitrogen and oxygen atoms in total. The quantitative estimate of drug-likeness (QED) is 0.684. The molecule has 2 aromatic carbocycles. The van der Waals surface area contributed by atoms with Gasteiger partial charge in [-0.1, -0.05) is 28.9 Å². The van der Waals surface area contributed by atoms with Crippen molar-refractivity contribution in [3.05, 3.63) is 64.4 Å². The Labute approximate surface area is 155 Å². The van der Waals surface area contributed by atoms with Crippen LogP contribution in [0, 0.1) is 13.8 Å². The summed E-state index contributed by atoms with van der Waals surface area (Å²) in [6, 6.07) is 13.3. The maximum atomic E-state index is 12.5. The number of halogens is 1. The van der Waals surface area contributed by atoms with Crippen molar-refractivity contribution in [1.82, 2.24) is 15.0 Å². The lowest BCUT2D eigenvalue weighted by atomic mass is 10.2. The van der Waals surface area contributed by atoms with Gasteiger partial charge in [-0.25, -0.2) is 4.68 Å². The number of aromatic nitrogens is 3. The van der Waals surface area contributed by atoms with E-state index in [1.807, 2.05) is 50.4 Å². The van der Waals surface area contributed by atoms with Crippen molar-refractivity contribution in [2.45, 2.75) is 18.7 Å². The largest absolute Gasteiger partial charge is 0.320 e. The zero-order valence-electron chi connectivity index (χ0n) is 14.1. The molecule has 1 N–H and O–H groups in total. The Kier molecular flexibility index (Phi) is 5.11. The molecule has 0 aliphatic rings. The number of carbonyl (C=O) groups excluding carboxylic acids is 1. The monoisotopic (exact) mass is 372 g/mol. The van der Waals surface area contributed by atoms with Crippen LogP contribution < -0.4 is 5.32 Å². The van der Waals surface area contributed by atoms with Crippen molar-refractivity contribution in [3.63, 3.8) is 0 Å². The summed E-state index contributed by atoms with van der Waals surface area (Å²) in [6.07, 6.45) is 2.01. The lowest BCUT2D eigenvalue weighted by molar-refractivity contribution is 0.102. The Morgan fingerprint density at radius 1 is 1.20 bits per heavy atom. The fourth-order valence-corrected chi connectivity index (χ4v) is 3.02. The molecule has 0 radical (unpaired) electrons. The maximum absolute atomic E-state index is 12.5. The molecule has 0 aliphatic carbocycles. The molecule has 1 amide bonds. The van der Waals surface area contributed by atoms with Crippen molar-refractivity contribution >= 4 is 35.0 Å². The molecule has 0 fully saturated rings. The first-order chi connectivity index (χ1) is 12.0. The Balaban J connectivity index is 1.87. The second kappa shape index (κ2) is 7.29. The molecule has 0 atom stereocenters. The fraction of sp³-hybridized carbons (Fsp3) is 0.167. The molecule has 1 heterocycles. The molecular formula is C18H17ClN4OS. The van der Waals surface area contributed by atoms with Gasteiger partial charge in [-0.3, -0.25) is 4.79 Å². The van der Waals surface area contributed by atoms with Crippen molar-refractivity contribution in [2.75, 3.05) is 11.6 Å². The number of hydrogen-bond acceptors (Lipinski definition) is 4. The molecule has 0 saturated heterocycles. The number of nitrogens with zero attached hydrogens (tertiary/aromatic N) is 3. The molecule has 128 valence electrons. The molecule has 7 heteroatoms. The van der Waals surface area contributed by atoms with Crippen LogP contribution in [0.4, 0.5) is 5.69 Å². The summed E-state index contributed by atoms with van der Waals surface area (Å²) >= 11 is 7.75. The van der Waals surface area contributed by atoms with E-state index in [1.54, 1.807) is 28.6 Å². The van der Waals surface area contributed by atoms with Crippen molar-refractivity contribution in [2.24, 2.45) is 0 Å². The number of rotatable bonds is 4. The second-order valence-electron chi connectivity index (χ2n) is 5.55. The van der Waals surface area contributed by atoms with Crippen LogP contribution in [0.2, 0.25) is 5.02 Å². The first kappa shape index (κ1) is 17.5. The van der Waals surface area contributed by atoms with E-state index in [2.05, 4.69) is 15.6 Å². The number of nitrogens with one attached hydrogen (secondary N) is 1. The highest BCUT2D eigenvalue weighted by Crippen LogP contribution is 2.22. The van der Waals surface area contributed by atoms with Gasteiger partial charge >= 0.3 is 0 Å². The van der Waals surface area contributed by atoms with Crippen LogP contribution in [0.25, 0.3) is 5.69 Å². The van der Waals surface area contributed by atoms with E-state index in [0.717, 1.165) is 16.1 Å². The third kappa shape index (κ3) is 3.70. The van der Waals surface area contributed by atoms with E-state index in [0.29, 0.717) is 16.4 Å². The van der Waals surface area contributed by atoms with Crippen molar-refractivity contribution in [1.29, 1.82) is 0 Å². The SMILES string of the molecule is CSc1cccc(-n2nnc(C(=O)Nc3ccc(C)c(Cl)c3)c2C)c1. The van der Waals surface area contributed by atoms with Gasteiger partial charge in [0.2, 0.25) is 0 Å². The molecule has 25 heavy (non-hydrogen) atoms. The van der Waals surface area contributed by atoms with Crippen LogP contribution in [0.5, 0.6) is 0 Å². The number of aryl methyl sites for hydroxylation is 1. The van der Waals surface area contributed by atoms with E-state index in [1.165, 1.54) is 0 Å². The summed E-state index contributed by atoms with van der Waals surface area (Å²) in [7, 11) is 0. The van der Waals surface area contributed by atoms with E-state index < -0.39 is 0 Å². The number of thioether (sulfide) groups is 1. The molecule has 0 bridgehead atoms. The van der Waals surface area contributed by atoms with Crippen molar-refractivity contribution in [3.8, 4) is 5.69 Å². The first-order valence-electron chi connectivity index (χ1n) is 7.64. The van der Waals surface area contributed by atoms with Gasteiger partial charge in [-0.2, -0.15) is 0 Å². The van der Waals surface area contributed by atoms with Gasteiger partial charge in [0.15, 0.2) is 5.69 Å². The Hall–Kier alpha value is -2.31. The highest BCUT2D eigenvalue weighted by atomic mass is 35.5. The Bertz CT molecular complexity index is 939. The zero-order valence-corrected chi connectivity index (χ0v) is 15.6. The van der Waals surface area contributed by atoms with Gasteiger partial charge < -0.3 is 5.32 Å². The standard InChI is InChI=1S/C18H17ClN4OS/c1-11-7-8-13(9-16(11)19)20-18(24)17-12(2)23(22-21-17)14-5-4-6-15(10-14)25-3/h4-10H,1-3H3,(H,20,24). The number of benzene rings is 2. The Morgan fingerprint density at radius 3 is 2.72 bits per heavy atom. The predicted molar refractivity (Wildman–Crippen MR) is 102 cm³/mol. The molecule has 0 unspecified atom stereocenters. The number of hydrogen-bond donors (Lipinski definition) is 1. The Morgan fingerprint density at radius 2 is 2.00 bits per heavy atom. The lowest BCUT2D eigenvalue weighted by Crippen LogP contribution is -2.14. The van der Waals surface area contributed by atoms with Gasteiger partial charge in [0, 0.05) is 15.6 Å². The third-order valence-electron chi connectivity index (χ3n) is 3.84. The average molecular weight is 373 g/mol. The highest BCUT2D eigenvalue weighted by molar-refractivity contribution is 7.98. The summed E-state index contributed by atoms with van der Waals surface area (Å²) in [5.41, 5.74) is 3.41. The maximum Gasteiger partial charge on any atom is 0.278 e. The van der Waals surface area contributed by atoms with Gasteiger partial charge in [0.25, 0.3) is 5.91 Å². The second-order valence-corrected chi connectivity index (χ2v) is 6.84. The van der Waals surface area contributed by atoms with Crippen LogP contribution in [-0.4, -0.2) is 27.2 Å². The summed E-state index contributed by atoms with van der Waals surface area (Å²) < 4.78 is 1.66. The lowest BCUT2D eigenvalue weighted by Gasteiger charge is -2.07. The van der Waals surface area contributed by atoms with E-state index in [4.69, 9.17) is 11.6 Å². The molecule has 0 spiro atoms. The molecule has 3 aromatic rings. The first-order valence-corrected chi connectivity index (χ1v) is 9.24. The summed E-state index contributed by atoms with van der Waals surface area (Å²) in [5, 5.41) is 11.6. The van der Waals surface area contributed by atoms with Crippen LogP contribution in [0.3, 0.4) is 0 Å². The minimum Gasteiger partial charge on any atom is -0.320 e. The number of amides is 1. The molecule has 3 rings (SSSR count). The summed E-state index contributed by atoms with van der Waals surface area (Å²) in [4.78, 5) is 13.6. The van der Waals surface area contributed by atoms with Gasteiger partial charge in [0.1, 0.15) is 0 Å². The van der Waals surface area contributed by atoms with Gasteiger partial charge in [0.05, 0.1) is 11.4 Å². The van der Waals surface area contributed by atoms with Crippen molar-refractivity contribution < 1.29 is 4.79 Å². The van der Waals surface area contributed by atoms with Gasteiger partial charge in [-0.15, -0.1) is 16.9 Å². The van der Waals surface area contributed by atoms with E-state index >= 15 is 0 Å². The minimum absolute atomic E-state index is 0.284. The van der Waals surface area contributed by atoms with Gasteiger partial charge in [-0.05, 0) is 56.0 Å². The van der Waals surface area contributed by atoms with Crippen LogP contribution >= 0.6 is 23.4 Å². The molecule has 1 aromatic heterocycles. The topological polar surface area (TPSA) is 59.8 Å². The fourth-order valence-electron chi connectivity index (χ4n) is 2.39. The third-order valence-corrected chi connectivity index (χ3v) is 4.97.